The number of rotatable bonds is 4. The lowest BCUT2D eigenvalue weighted by molar-refractivity contribution is 0.615. The molecule has 15 heavy (non-hydrogen) atoms. The predicted octanol–water partition coefficient (Wildman–Crippen LogP) is 2.40. The summed E-state index contributed by atoms with van der Waals surface area (Å²) in [6.45, 7) is 4.40. The SMILES string of the molecule is C=CCCNc1nc2c(N)cccc2o1. The number of nitrogens with zero attached hydrogens (tertiary/aromatic N) is 1. The van der Waals surface area contributed by atoms with Gasteiger partial charge in [-0.3, -0.25) is 0 Å². The molecule has 0 saturated heterocycles. The van der Waals surface area contributed by atoms with E-state index in [0.717, 1.165) is 13.0 Å². The Labute approximate surface area is 87.8 Å². The van der Waals surface area contributed by atoms with Crippen molar-refractivity contribution in [1.29, 1.82) is 0 Å². The second-order valence-electron chi connectivity index (χ2n) is 3.22. The van der Waals surface area contributed by atoms with Gasteiger partial charge in [-0.2, -0.15) is 4.98 Å². The number of nitrogens with two attached hydrogens (primary N) is 1. The van der Waals surface area contributed by atoms with Crippen LogP contribution < -0.4 is 11.1 Å². The van der Waals surface area contributed by atoms with Gasteiger partial charge in [0, 0.05) is 6.54 Å². The fourth-order valence-corrected chi connectivity index (χ4v) is 1.33. The van der Waals surface area contributed by atoms with Gasteiger partial charge in [-0.05, 0) is 18.6 Å². The molecule has 4 nitrogen and oxygen atoms in total. The molecule has 4 heteroatoms. The number of anilines is 2. The molecule has 1 heterocycles. The Kier molecular flexibility index (Phi) is 2.58. The van der Waals surface area contributed by atoms with E-state index in [1.54, 1.807) is 6.07 Å². The molecule has 0 radical (unpaired) electrons. The third-order valence-electron chi connectivity index (χ3n) is 2.07. The first-order chi connectivity index (χ1) is 7.31. The standard InChI is InChI=1S/C11H13N3O/c1-2-3-7-13-11-14-10-8(12)5-4-6-9(10)15-11/h2,4-6H,1,3,7,12H2,(H,13,14). The van der Waals surface area contributed by atoms with Crippen LogP contribution in [0, 0.1) is 0 Å². The van der Waals surface area contributed by atoms with Crippen molar-refractivity contribution in [2.45, 2.75) is 6.42 Å². The van der Waals surface area contributed by atoms with E-state index in [1.807, 2.05) is 18.2 Å². The van der Waals surface area contributed by atoms with Crippen molar-refractivity contribution in [3.05, 3.63) is 30.9 Å². The number of aromatic nitrogens is 1. The maximum atomic E-state index is 5.76. The highest BCUT2D eigenvalue weighted by atomic mass is 16.4. The van der Waals surface area contributed by atoms with Gasteiger partial charge < -0.3 is 15.5 Å². The molecule has 0 atom stereocenters. The minimum atomic E-state index is 0.504. The van der Waals surface area contributed by atoms with E-state index in [-0.39, 0.29) is 0 Å². The largest absolute Gasteiger partial charge is 0.423 e. The van der Waals surface area contributed by atoms with Gasteiger partial charge in [0.1, 0.15) is 5.52 Å². The predicted molar refractivity (Wildman–Crippen MR) is 61.7 cm³/mol. The molecule has 0 aliphatic heterocycles. The highest BCUT2D eigenvalue weighted by molar-refractivity contribution is 5.86. The molecular weight excluding hydrogens is 190 g/mol. The van der Waals surface area contributed by atoms with E-state index in [1.165, 1.54) is 0 Å². The number of fused-ring (bicyclic) bond motifs is 1. The van der Waals surface area contributed by atoms with Gasteiger partial charge in [0.15, 0.2) is 5.58 Å². The molecule has 0 bridgehead atoms. The van der Waals surface area contributed by atoms with E-state index in [2.05, 4.69) is 16.9 Å². The van der Waals surface area contributed by atoms with Crippen LogP contribution in [0.4, 0.5) is 11.7 Å². The maximum Gasteiger partial charge on any atom is 0.295 e. The Morgan fingerprint density at radius 1 is 1.53 bits per heavy atom. The van der Waals surface area contributed by atoms with Crippen LogP contribution >= 0.6 is 0 Å². The van der Waals surface area contributed by atoms with Gasteiger partial charge in [-0.15, -0.1) is 6.58 Å². The zero-order valence-electron chi connectivity index (χ0n) is 8.36. The van der Waals surface area contributed by atoms with E-state index in [9.17, 15) is 0 Å². The molecule has 3 N–H and O–H groups in total. The fraction of sp³-hybridized carbons (Fsp3) is 0.182. The monoisotopic (exact) mass is 203 g/mol. The van der Waals surface area contributed by atoms with Crippen LogP contribution in [0.3, 0.4) is 0 Å². The van der Waals surface area contributed by atoms with Crippen LogP contribution in [-0.2, 0) is 0 Å². The lowest BCUT2D eigenvalue weighted by atomic mass is 10.3. The Bertz CT molecular complexity index is 476. The van der Waals surface area contributed by atoms with Crippen molar-refractivity contribution in [2.75, 3.05) is 17.6 Å². The molecule has 0 saturated carbocycles. The average molecular weight is 203 g/mol. The van der Waals surface area contributed by atoms with Gasteiger partial charge in [0.2, 0.25) is 0 Å². The maximum absolute atomic E-state index is 5.76. The van der Waals surface area contributed by atoms with Gasteiger partial charge in [-0.1, -0.05) is 12.1 Å². The number of nitrogens with one attached hydrogen (secondary N) is 1. The van der Waals surface area contributed by atoms with Crippen LogP contribution in [0.15, 0.2) is 35.3 Å². The number of hydrogen-bond acceptors (Lipinski definition) is 4. The number of para-hydroxylation sites is 1. The molecule has 1 aromatic carbocycles. The van der Waals surface area contributed by atoms with Crippen molar-refractivity contribution in [2.24, 2.45) is 0 Å². The third-order valence-corrected chi connectivity index (χ3v) is 2.07. The van der Waals surface area contributed by atoms with Gasteiger partial charge in [0.05, 0.1) is 5.69 Å². The van der Waals surface area contributed by atoms with Gasteiger partial charge in [0.25, 0.3) is 6.01 Å². The minimum absolute atomic E-state index is 0.504. The molecule has 0 spiro atoms. The van der Waals surface area contributed by atoms with Gasteiger partial charge >= 0.3 is 0 Å². The highest BCUT2D eigenvalue weighted by Crippen LogP contribution is 2.23. The zero-order valence-corrected chi connectivity index (χ0v) is 8.36. The molecule has 1 aromatic heterocycles. The molecular formula is C11H13N3O. The average Bonchev–Trinajstić information content (AvgIpc) is 2.63. The molecule has 0 aliphatic carbocycles. The summed E-state index contributed by atoms with van der Waals surface area (Å²) < 4.78 is 5.46. The van der Waals surface area contributed by atoms with Crippen LogP contribution in [0.1, 0.15) is 6.42 Å². The lowest BCUT2D eigenvalue weighted by Gasteiger charge is -1.95. The third kappa shape index (κ3) is 1.93. The van der Waals surface area contributed by atoms with Crippen molar-refractivity contribution in [3.8, 4) is 0 Å². The van der Waals surface area contributed by atoms with E-state index in [0.29, 0.717) is 22.8 Å². The Morgan fingerprint density at radius 3 is 3.13 bits per heavy atom. The number of hydrogen-bond donors (Lipinski definition) is 2. The molecule has 0 unspecified atom stereocenters. The first-order valence-electron chi connectivity index (χ1n) is 4.81. The zero-order chi connectivity index (χ0) is 10.7. The van der Waals surface area contributed by atoms with Crippen molar-refractivity contribution < 1.29 is 4.42 Å². The summed E-state index contributed by atoms with van der Waals surface area (Å²) in [4.78, 5) is 4.25. The fourth-order valence-electron chi connectivity index (χ4n) is 1.33. The van der Waals surface area contributed by atoms with Crippen LogP contribution in [0.25, 0.3) is 11.1 Å². The van der Waals surface area contributed by atoms with Crippen LogP contribution in [-0.4, -0.2) is 11.5 Å². The molecule has 0 aliphatic rings. The summed E-state index contributed by atoms with van der Waals surface area (Å²) in [6.07, 6.45) is 2.71. The van der Waals surface area contributed by atoms with E-state index < -0.39 is 0 Å². The second-order valence-corrected chi connectivity index (χ2v) is 3.22. The molecule has 2 aromatic rings. The molecule has 0 fully saturated rings. The van der Waals surface area contributed by atoms with Crippen LogP contribution in [0.2, 0.25) is 0 Å². The summed E-state index contributed by atoms with van der Waals surface area (Å²) in [6, 6.07) is 6.00. The Morgan fingerprint density at radius 2 is 2.40 bits per heavy atom. The smallest absolute Gasteiger partial charge is 0.295 e. The second kappa shape index (κ2) is 4.04. The normalized spacial score (nSPS) is 10.4. The molecule has 2 rings (SSSR count). The van der Waals surface area contributed by atoms with Crippen LogP contribution in [0.5, 0.6) is 0 Å². The van der Waals surface area contributed by atoms with Crippen molar-refractivity contribution in [1.82, 2.24) is 4.98 Å². The minimum Gasteiger partial charge on any atom is -0.423 e. The van der Waals surface area contributed by atoms with E-state index >= 15 is 0 Å². The highest BCUT2D eigenvalue weighted by Gasteiger charge is 2.06. The molecule has 78 valence electrons. The van der Waals surface area contributed by atoms with E-state index in [4.69, 9.17) is 10.2 Å². The Balaban J connectivity index is 2.23. The number of benzene rings is 1. The summed E-state index contributed by atoms with van der Waals surface area (Å²) in [5, 5.41) is 3.06. The Hall–Kier alpha value is -1.97. The summed E-state index contributed by atoms with van der Waals surface area (Å²) >= 11 is 0. The summed E-state index contributed by atoms with van der Waals surface area (Å²) in [7, 11) is 0. The quantitative estimate of drug-likeness (QED) is 0.455. The topological polar surface area (TPSA) is 64.1 Å². The number of oxazole rings is 1. The summed E-state index contributed by atoms with van der Waals surface area (Å²) in [5.41, 5.74) is 7.80. The molecule has 0 amide bonds. The van der Waals surface area contributed by atoms with Gasteiger partial charge in [-0.25, -0.2) is 0 Å². The summed E-state index contributed by atoms with van der Waals surface area (Å²) in [5.74, 6) is 0. The van der Waals surface area contributed by atoms with Crippen molar-refractivity contribution in [3.63, 3.8) is 0 Å². The number of nitrogen functional groups attached to an aromatic ring is 1. The lowest BCUT2D eigenvalue weighted by Crippen LogP contribution is -1.99. The first-order valence-corrected chi connectivity index (χ1v) is 4.81. The van der Waals surface area contributed by atoms with Crippen molar-refractivity contribution >= 4 is 22.8 Å². The first kappa shape index (κ1) is 9.58.